The zero-order chi connectivity index (χ0) is 15.2. The Morgan fingerprint density at radius 1 is 1.30 bits per heavy atom. The number of benzene rings is 1. The summed E-state index contributed by atoms with van der Waals surface area (Å²) in [7, 11) is 0. The molecule has 0 radical (unpaired) electrons. The van der Waals surface area contributed by atoms with Crippen molar-refractivity contribution in [3.63, 3.8) is 0 Å². The molecule has 2 rings (SSSR count). The Morgan fingerprint density at radius 2 is 1.85 bits per heavy atom. The van der Waals surface area contributed by atoms with Crippen molar-refractivity contribution in [2.45, 2.75) is 32.3 Å². The van der Waals surface area contributed by atoms with Crippen LogP contribution in [0.25, 0.3) is 0 Å². The van der Waals surface area contributed by atoms with E-state index in [0.717, 1.165) is 13.1 Å². The maximum atomic E-state index is 10.4. The Kier molecular flexibility index (Phi) is 5.64. The zero-order valence-electron chi connectivity index (χ0n) is 12.0. The molecular formula is C14H20N2O4. The molecule has 0 aliphatic carbocycles. The molecule has 110 valence electrons. The Balaban J connectivity index is 0.000000246. The van der Waals surface area contributed by atoms with Gasteiger partial charge < -0.3 is 10.1 Å². The fourth-order valence-corrected chi connectivity index (χ4v) is 1.54. The second-order valence-electron chi connectivity index (χ2n) is 5.53. The van der Waals surface area contributed by atoms with Gasteiger partial charge in [0.2, 0.25) is 0 Å². The van der Waals surface area contributed by atoms with Gasteiger partial charge in [-0.05, 0) is 26.3 Å². The first-order valence-corrected chi connectivity index (χ1v) is 6.40. The highest BCUT2D eigenvalue weighted by Gasteiger charge is 2.19. The number of rotatable bonds is 3. The molecule has 6 nitrogen and oxygen atoms in total. The average molecular weight is 280 g/mol. The Labute approximate surface area is 118 Å². The van der Waals surface area contributed by atoms with Crippen molar-refractivity contribution in [1.29, 1.82) is 0 Å². The van der Waals surface area contributed by atoms with Crippen LogP contribution in [-0.4, -0.2) is 30.1 Å². The van der Waals surface area contributed by atoms with Gasteiger partial charge in [-0.2, -0.15) is 0 Å². The normalized spacial score (nSPS) is 14.6. The lowest BCUT2D eigenvalue weighted by molar-refractivity contribution is -0.384. The van der Waals surface area contributed by atoms with Crippen molar-refractivity contribution in [2.75, 3.05) is 13.1 Å². The molecule has 0 bridgehead atoms. The molecule has 0 amide bonds. The largest absolute Gasteiger partial charge is 0.462 e. The Hall–Kier alpha value is -1.95. The van der Waals surface area contributed by atoms with Gasteiger partial charge >= 0.3 is 0 Å². The van der Waals surface area contributed by atoms with Crippen LogP contribution in [0.5, 0.6) is 0 Å². The third-order valence-corrected chi connectivity index (χ3v) is 2.76. The molecule has 6 heteroatoms. The van der Waals surface area contributed by atoms with Crippen LogP contribution in [0.1, 0.15) is 32.3 Å². The monoisotopic (exact) mass is 280 g/mol. The van der Waals surface area contributed by atoms with Crippen molar-refractivity contribution in [3.05, 3.63) is 39.9 Å². The van der Waals surface area contributed by atoms with Gasteiger partial charge in [0, 0.05) is 31.1 Å². The van der Waals surface area contributed by atoms with Crippen LogP contribution in [0.4, 0.5) is 5.69 Å². The van der Waals surface area contributed by atoms with Gasteiger partial charge in [-0.15, -0.1) is 0 Å². The number of carbonyl (C=O) groups excluding carboxylic acids is 1. The minimum absolute atomic E-state index is 0.163. The first kappa shape index (κ1) is 16.1. The van der Waals surface area contributed by atoms with Crippen molar-refractivity contribution < 1.29 is 14.5 Å². The number of nitro benzene ring substituents is 1. The summed E-state index contributed by atoms with van der Waals surface area (Å²) in [5, 5.41) is 13.5. The summed E-state index contributed by atoms with van der Waals surface area (Å²) in [6.07, 6.45) is 0. The summed E-state index contributed by atoms with van der Waals surface area (Å²) in [4.78, 5) is 19.6. The van der Waals surface area contributed by atoms with Gasteiger partial charge in [0.05, 0.1) is 4.92 Å². The van der Waals surface area contributed by atoms with Crippen LogP contribution in [0, 0.1) is 10.1 Å². The third kappa shape index (κ3) is 5.36. The van der Waals surface area contributed by atoms with Crippen molar-refractivity contribution in [3.8, 4) is 0 Å². The smallest absolute Gasteiger partial charge is 0.293 e. The molecule has 1 aliphatic heterocycles. The highest BCUT2D eigenvalue weighted by atomic mass is 16.6. The summed E-state index contributed by atoms with van der Waals surface area (Å²) in [5.41, 5.74) is 1.03. The molecule has 0 unspecified atom stereocenters. The van der Waals surface area contributed by atoms with E-state index in [4.69, 9.17) is 0 Å². The molecular weight excluding hydrogens is 260 g/mol. The van der Waals surface area contributed by atoms with E-state index in [0.29, 0.717) is 12.4 Å². The number of ether oxygens (including phenoxy) is 1. The predicted molar refractivity (Wildman–Crippen MR) is 75.6 cm³/mol. The number of hydrogen-bond acceptors (Lipinski definition) is 5. The van der Waals surface area contributed by atoms with Crippen LogP contribution in [-0.2, 0) is 9.53 Å². The van der Waals surface area contributed by atoms with Gasteiger partial charge in [-0.1, -0.05) is 12.1 Å². The van der Waals surface area contributed by atoms with Gasteiger partial charge in [0.15, 0.2) is 0 Å². The van der Waals surface area contributed by atoms with Crippen molar-refractivity contribution in [1.82, 2.24) is 5.32 Å². The summed E-state index contributed by atoms with van der Waals surface area (Å²) >= 11 is 0. The number of nitrogens with zero attached hydrogens (tertiary/aromatic N) is 1. The Bertz CT molecular complexity index is 447. The van der Waals surface area contributed by atoms with Crippen molar-refractivity contribution in [2.24, 2.45) is 0 Å². The molecule has 0 aromatic heterocycles. The second-order valence-corrected chi connectivity index (χ2v) is 5.53. The number of carbonyl (C=O) groups is 1. The molecule has 1 N–H and O–H groups in total. The highest BCUT2D eigenvalue weighted by molar-refractivity contribution is 5.37. The van der Waals surface area contributed by atoms with Gasteiger partial charge in [0.25, 0.3) is 12.2 Å². The SMILES string of the molecule is CC(C)(C)OC=O.O=[N+]([O-])c1ccc(C2CNC2)cc1. The van der Waals surface area contributed by atoms with E-state index in [2.05, 4.69) is 10.1 Å². The summed E-state index contributed by atoms with van der Waals surface area (Å²) in [6, 6.07) is 6.80. The summed E-state index contributed by atoms with van der Waals surface area (Å²) < 4.78 is 4.55. The first-order valence-electron chi connectivity index (χ1n) is 6.40. The fraction of sp³-hybridized carbons (Fsp3) is 0.500. The number of nitrogens with one attached hydrogen (secondary N) is 1. The predicted octanol–water partition coefficient (Wildman–Crippen LogP) is 2.24. The maximum Gasteiger partial charge on any atom is 0.293 e. The van der Waals surface area contributed by atoms with Crippen LogP contribution in [0.3, 0.4) is 0 Å². The van der Waals surface area contributed by atoms with E-state index in [-0.39, 0.29) is 16.2 Å². The van der Waals surface area contributed by atoms with Crippen LogP contribution < -0.4 is 5.32 Å². The molecule has 1 aromatic rings. The molecule has 1 saturated heterocycles. The van der Waals surface area contributed by atoms with E-state index < -0.39 is 0 Å². The standard InChI is InChI=1S/C9H10N2O2.C5H10O2/c12-11(13)9-3-1-7(2-4-9)8-5-10-6-8;1-5(2,3)7-4-6/h1-4,8,10H,5-6H2;4H,1-3H3. The van der Waals surface area contributed by atoms with Gasteiger partial charge in [-0.3, -0.25) is 14.9 Å². The second kappa shape index (κ2) is 7.00. The van der Waals surface area contributed by atoms with E-state index in [1.54, 1.807) is 12.1 Å². The van der Waals surface area contributed by atoms with Gasteiger partial charge in [-0.25, -0.2) is 0 Å². The summed E-state index contributed by atoms with van der Waals surface area (Å²) in [5.74, 6) is 0.542. The quantitative estimate of drug-likeness (QED) is 0.521. The van der Waals surface area contributed by atoms with E-state index in [9.17, 15) is 14.9 Å². The number of hydrogen-bond donors (Lipinski definition) is 1. The van der Waals surface area contributed by atoms with Gasteiger partial charge in [0.1, 0.15) is 5.60 Å². The minimum atomic E-state index is -0.372. The minimum Gasteiger partial charge on any atom is -0.462 e. The lowest BCUT2D eigenvalue weighted by atomic mass is 9.94. The molecule has 1 aliphatic rings. The average Bonchev–Trinajstić information content (AvgIpc) is 2.26. The highest BCUT2D eigenvalue weighted by Crippen LogP contribution is 2.21. The first-order chi connectivity index (χ1) is 9.33. The van der Waals surface area contributed by atoms with Crippen LogP contribution in [0.2, 0.25) is 0 Å². The number of non-ortho nitro benzene ring substituents is 1. The number of nitro groups is 1. The van der Waals surface area contributed by atoms with Crippen molar-refractivity contribution >= 4 is 12.2 Å². The maximum absolute atomic E-state index is 10.4. The molecule has 1 aromatic carbocycles. The molecule has 0 atom stereocenters. The van der Waals surface area contributed by atoms with E-state index in [1.165, 1.54) is 5.56 Å². The van der Waals surface area contributed by atoms with E-state index in [1.807, 2.05) is 32.9 Å². The fourth-order valence-electron chi connectivity index (χ4n) is 1.54. The lowest BCUT2D eigenvalue weighted by Crippen LogP contribution is -2.39. The zero-order valence-corrected chi connectivity index (χ0v) is 12.0. The topological polar surface area (TPSA) is 81.5 Å². The summed E-state index contributed by atoms with van der Waals surface area (Å²) in [6.45, 7) is 7.89. The molecule has 0 spiro atoms. The molecule has 1 heterocycles. The third-order valence-electron chi connectivity index (χ3n) is 2.76. The molecule has 20 heavy (non-hydrogen) atoms. The van der Waals surface area contributed by atoms with Crippen LogP contribution in [0.15, 0.2) is 24.3 Å². The molecule has 1 fully saturated rings. The molecule has 0 saturated carbocycles. The van der Waals surface area contributed by atoms with Crippen LogP contribution >= 0.6 is 0 Å². The lowest BCUT2D eigenvalue weighted by Gasteiger charge is -2.27. The Morgan fingerprint density at radius 3 is 2.10 bits per heavy atom. The van der Waals surface area contributed by atoms with E-state index >= 15 is 0 Å².